The van der Waals surface area contributed by atoms with E-state index in [2.05, 4.69) is 4.74 Å². The van der Waals surface area contributed by atoms with Crippen LogP contribution in [-0.4, -0.2) is 29.4 Å². The zero-order chi connectivity index (χ0) is 12.3. The molecular formula is C10H10F2O4. The molecule has 0 fully saturated rings. The molecule has 0 aromatic heterocycles. The number of methoxy groups -OCH3 is 1. The van der Waals surface area contributed by atoms with Crippen LogP contribution in [0.5, 0.6) is 0 Å². The van der Waals surface area contributed by atoms with Gasteiger partial charge >= 0.3 is 5.97 Å². The van der Waals surface area contributed by atoms with E-state index in [1.807, 2.05) is 0 Å². The minimum Gasteiger partial charge on any atom is -0.467 e. The molecule has 16 heavy (non-hydrogen) atoms. The Labute approximate surface area is 90.1 Å². The van der Waals surface area contributed by atoms with Gasteiger partial charge in [-0.15, -0.1) is 0 Å². The number of hydrogen-bond acceptors (Lipinski definition) is 4. The van der Waals surface area contributed by atoms with E-state index in [-0.39, 0.29) is 5.56 Å². The van der Waals surface area contributed by atoms with Gasteiger partial charge in [0.05, 0.1) is 7.11 Å². The van der Waals surface area contributed by atoms with Crippen molar-refractivity contribution in [2.45, 2.75) is 12.2 Å². The van der Waals surface area contributed by atoms with Crippen LogP contribution in [0.3, 0.4) is 0 Å². The molecule has 0 aliphatic rings. The number of ether oxygens (including phenoxy) is 1. The molecular weight excluding hydrogens is 222 g/mol. The van der Waals surface area contributed by atoms with E-state index in [1.54, 1.807) is 0 Å². The lowest BCUT2D eigenvalue weighted by Gasteiger charge is -2.16. The first kappa shape index (κ1) is 12.5. The van der Waals surface area contributed by atoms with E-state index >= 15 is 0 Å². The van der Waals surface area contributed by atoms with Gasteiger partial charge < -0.3 is 14.9 Å². The van der Waals surface area contributed by atoms with Crippen molar-refractivity contribution in [3.8, 4) is 0 Å². The number of aliphatic hydroxyl groups excluding tert-OH is 2. The van der Waals surface area contributed by atoms with Gasteiger partial charge in [0, 0.05) is 11.6 Å². The summed E-state index contributed by atoms with van der Waals surface area (Å²) in [6.45, 7) is 0. The number of halogens is 2. The Morgan fingerprint density at radius 3 is 2.50 bits per heavy atom. The summed E-state index contributed by atoms with van der Waals surface area (Å²) < 4.78 is 29.9. The Hall–Kier alpha value is -1.53. The highest BCUT2D eigenvalue weighted by atomic mass is 19.1. The summed E-state index contributed by atoms with van der Waals surface area (Å²) in [5.41, 5.74) is -0.376. The molecule has 1 aromatic carbocycles. The molecule has 0 spiro atoms. The largest absolute Gasteiger partial charge is 0.467 e. The third-order valence-corrected chi connectivity index (χ3v) is 2.02. The van der Waals surface area contributed by atoms with E-state index < -0.39 is 29.8 Å². The van der Waals surface area contributed by atoms with Crippen LogP contribution in [0.4, 0.5) is 8.78 Å². The van der Waals surface area contributed by atoms with Gasteiger partial charge in [-0.2, -0.15) is 0 Å². The smallest absolute Gasteiger partial charge is 0.337 e. The summed E-state index contributed by atoms with van der Waals surface area (Å²) >= 11 is 0. The minimum absolute atomic E-state index is 0.376. The maximum absolute atomic E-state index is 13.2. The molecule has 1 rings (SSSR count). The van der Waals surface area contributed by atoms with E-state index in [1.165, 1.54) is 0 Å². The van der Waals surface area contributed by atoms with E-state index in [0.29, 0.717) is 6.07 Å². The fraction of sp³-hybridized carbons (Fsp3) is 0.300. The molecule has 0 heterocycles. The Morgan fingerprint density at radius 1 is 1.38 bits per heavy atom. The van der Waals surface area contributed by atoms with Crippen LogP contribution in [0.1, 0.15) is 11.7 Å². The summed E-state index contributed by atoms with van der Waals surface area (Å²) in [7, 11) is 1.01. The van der Waals surface area contributed by atoms with Crippen molar-refractivity contribution in [2.75, 3.05) is 7.11 Å². The summed E-state index contributed by atoms with van der Waals surface area (Å²) in [5, 5.41) is 18.7. The summed E-state index contributed by atoms with van der Waals surface area (Å²) in [6.07, 6.45) is -3.71. The Kier molecular flexibility index (Phi) is 3.92. The highest BCUT2D eigenvalue weighted by Gasteiger charge is 2.28. The number of carbonyl (C=O) groups is 1. The number of hydrogen-bond donors (Lipinski definition) is 2. The van der Waals surface area contributed by atoms with Gasteiger partial charge in [0.15, 0.2) is 6.10 Å². The molecule has 0 aliphatic carbocycles. The van der Waals surface area contributed by atoms with Gasteiger partial charge in [-0.3, -0.25) is 0 Å². The molecule has 2 atom stereocenters. The van der Waals surface area contributed by atoms with Crippen molar-refractivity contribution in [2.24, 2.45) is 0 Å². The molecule has 88 valence electrons. The fourth-order valence-corrected chi connectivity index (χ4v) is 1.16. The monoisotopic (exact) mass is 232 g/mol. The molecule has 0 aliphatic heterocycles. The van der Waals surface area contributed by atoms with Crippen LogP contribution >= 0.6 is 0 Å². The lowest BCUT2D eigenvalue weighted by atomic mass is 10.0. The normalized spacial score (nSPS) is 14.3. The SMILES string of the molecule is COC(=O)C(O)C(O)c1ccc(F)cc1F. The molecule has 0 bridgehead atoms. The van der Waals surface area contributed by atoms with Crippen molar-refractivity contribution in [3.05, 3.63) is 35.4 Å². The lowest BCUT2D eigenvalue weighted by molar-refractivity contribution is -0.156. The predicted octanol–water partition coefficient (Wildman–Crippen LogP) is 0.532. The van der Waals surface area contributed by atoms with Crippen LogP contribution in [-0.2, 0) is 9.53 Å². The number of carbonyl (C=O) groups excluding carboxylic acids is 1. The topological polar surface area (TPSA) is 66.8 Å². The van der Waals surface area contributed by atoms with Crippen molar-refractivity contribution in [3.63, 3.8) is 0 Å². The third kappa shape index (κ3) is 2.53. The molecule has 1 aromatic rings. The summed E-state index contributed by atoms with van der Waals surface area (Å²) in [4.78, 5) is 10.9. The molecule has 2 N–H and O–H groups in total. The van der Waals surface area contributed by atoms with Crippen LogP contribution in [0.15, 0.2) is 18.2 Å². The second-order valence-corrected chi connectivity index (χ2v) is 3.08. The summed E-state index contributed by atoms with van der Waals surface area (Å²) in [6, 6.07) is 2.40. The van der Waals surface area contributed by atoms with Crippen molar-refractivity contribution < 1.29 is 28.5 Å². The first-order chi connectivity index (χ1) is 7.47. The second-order valence-electron chi connectivity index (χ2n) is 3.08. The van der Waals surface area contributed by atoms with Crippen molar-refractivity contribution in [1.82, 2.24) is 0 Å². The van der Waals surface area contributed by atoms with E-state index in [9.17, 15) is 23.8 Å². The van der Waals surface area contributed by atoms with Gasteiger partial charge in [0.1, 0.15) is 17.7 Å². The quantitative estimate of drug-likeness (QED) is 0.746. The standard InChI is InChI=1S/C10H10F2O4/c1-16-10(15)9(14)8(13)6-3-2-5(11)4-7(6)12/h2-4,8-9,13-14H,1H3. The predicted molar refractivity (Wildman–Crippen MR) is 49.3 cm³/mol. The molecule has 0 amide bonds. The number of rotatable bonds is 3. The average molecular weight is 232 g/mol. The maximum atomic E-state index is 13.2. The molecule has 0 saturated carbocycles. The van der Waals surface area contributed by atoms with Crippen molar-refractivity contribution in [1.29, 1.82) is 0 Å². The number of esters is 1. The zero-order valence-electron chi connectivity index (χ0n) is 8.35. The van der Waals surface area contributed by atoms with Gasteiger partial charge in [0.2, 0.25) is 0 Å². The second kappa shape index (κ2) is 5.00. The number of aliphatic hydroxyl groups is 2. The molecule has 4 nitrogen and oxygen atoms in total. The fourth-order valence-electron chi connectivity index (χ4n) is 1.16. The Morgan fingerprint density at radius 2 is 2.00 bits per heavy atom. The van der Waals surface area contributed by atoms with Crippen LogP contribution in [0.25, 0.3) is 0 Å². The minimum atomic E-state index is -1.91. The van der Waals surface area contributed by atoms with Gasteiger partial charge in [-0.25, -0.2) is 13.6 Å². The molecule has 0 saturated heterocycles. The van der Waals surface area contributed by atoms with Crippen molar-refractivity contribution >= 4 is 5.97 Å². The lowest BCUT2D eigenvalue weighted by Crippen LogP contribution is -2.29. The maximum Gasteiger partial charge on any atom is 0.337 e. The molecule has 0 radical (unpaired) electrons. The van der Waals surface area contributed by atoms with E-state index in [0.717, 1.165) is 19.2 Å². The first-order valence-corrected chi connectivity index (χ1v) is 4.36. The van der Waals surface area contributed by atoms with E-state index in [4.69, 9.17) is 0 Å². The Bertz CT molecular complexity index is 394. The van der Waals surface area contributed by atoms with Gasteiger partial charge in [-0.1, -0.05) is 6.07 Å². The molecule has 2 unspecified atom stereocenters. The zero-order valence-corrected chi connectivity index (χ0v) is 8.35. The highest BCUT2D eigenvalue weighted by molar-refractivity contribution is 5.75. The third-order valence-electron chi connectivity index (χ3n) is 2.02. The van der Waals surface area contributed by atoms with Crippen LogP contribution in [0, 0.1) is 11.6 Å². The van der Waals surface area contributed by atoms with Gasteiger partial charge in [0.25, 0.3) is 0 Å². The first-order valence-electron chi connectivity index (χ1n) is 4.36. The van der Waals surface area contributed by atoms with Gasteiger partial charge in [-0.05, 0) is 6.07 Å². The molecule has 6 heteroatoms. The number of benzene rings is 1. The summed E-state index contributed by atoms with van der Waals surface area (Å²) in [5.74, 6) is -2.97. The average Bonchev–Trinajstić information content (AvgIpc) is 2.26. The highest BCUT2D eigenvalue weighted by Crippen LogP contribution is 2.21. The van der Waals surface area contributed by atoms with Crippen LogP contribution in [0.2, 0.25) is 0 Å². The van der Waals surface area contributed by atoms with Crippen LogP contribution < -0.4 is 0 Å². The Balaban J connectivity index is 2.96.